The van der Waals surface area contributed by atoms with Crippen molar-refractivity contribution in [2.45, 2.75) is 24.9 Å². The average Bonchev–Trinajstić information content (AvgIpc) is 3.23. The second-order valence-corrected chi connectivity index (χ2v) is 7.21. The Hall–Kier alpha value is -2.54. The van der Waals surface area contributed by atoms with E-state index in [0.29, 0.717) is 6.54 Å². The maximum absolute atomic E-state index is 13.3. The molecule has 0 N–H and O–H groups in total. The van der Waals surface area contributed by atoms with Gasteiger partial charge in [-0.2, -0.15) is 5.10 Å². The van der Waals surface area contributed by atoms with Crippen LogP contribution in [0.25, 0.3) is 10.6 Å². The fourth-order valence-corrected chi connectivity index (χ4v) is 3.49. The first kappa shape index (κ1) is 16.0. The molecule has 3 heterocycles. The number of halogens is 1. The molecule has 7 heteroatoms. The number of nitrogens with zero attached hydrogens (tertiary/aromatic N) is 5. The summed E-state index contributed by atoms with van der Waals surface area (Å²) in [6.45, 7) is 8.38. The van der Waals surface area contributed by atoms with Crippen LogP contribution in [0.2, 0.25) is 0 Å². The van der Waals surface area contributed by atoms with Gasteiger partial charge in [0.05, 0.1) is 39.6 Å². The summed E-state index contributed by atoms with van der Waals surface area (Å²) in [5, 5.41) is 8.56. The van der Waals surface area contributed by atoms with Gasteiger partial charge in [0.25, 0.3) is 0 Å². The molecular formula is C18H18FN5S. The van der Waals surface area contributed by atoms with Crippen LogP contribution in [0, 0.1) is 0 Å². The van der Waals surface area contributed by atoms with Gasteiger partial charge in [0.1, 0.15) is 12.4 Å². The number of hydrogen-bond donors (Lipinski definition) is 0. The molecule has 0 saturated heterocycles. The molecule has 0 atom stereocenters. The van der Waals surface area contributed by atoms with Gasteiger partial charge in [-0.3, -0.25) is 4.98 Å². The molecule has 1 saturated carbocycles. The molecule has 1 aliphatic carbocycles. The van der Waals surface area contributed by atoms with Crippen LogP contribution in [0.3, 0.4) is 0 Å². The zero-order chi connectivity index (χ0) is 17.4. The summed E-state index contributed by atoms with van der Waals surface area (Å²) in [6.07, 6.45) is 7.28. The van der Waals surface area contributed by atoms with E-state index < -0.39 is 5.54 Å². The number of aromatic nitrogens is 3. The van der Waals surface area contributed by atoms with E-state index in [1.807, 2.05) is 34.3 Å². The molecule has 0 spiro atoms. The first-order chi connectivity index (χ1) is 12.1. The van der Waals surface area contributed by atoms with E-state index in [1.54, 1.807) is 11.7 Å². The maximum atomic E-state index is 13.3. The highest BCUT2D eigenvalue weighted by Crippen LogP contribution is 2.46. The van der Waals surface area contributed by atoms with Crippen LogP contribution in [0.1, 0.15) is 18.5 Å². The molecule has 4 rings (SSSR count). The van der Waals surface area contributed by atoms with Crippen LogP contribution in [0.5, 0.6) is 0 Å². The van der Waals surface area contributed by atoms with Gasteiger partial charge in [0, 0.05) is 18.6 Å². The van der Waals surface area contributed by atoms with Crippen LogP contribution >= 0.6 is 11.3 Å². The van der Waals surface area contributed by atoms with Crippen LogP contribution in [0.4, 0.5) is 4.39 Å². The third kappa shape index (κ3) is 2.84. The topological polar surface area (TPSA) is 45.2 Å². The lowest BCUT2D eigenvalue weighted by Gasteiger charge is -2.38. The summed E-state index contributed by atoms with van der Waals surface area (Å²) in [5.41, 5.74) is 4.51. The molecule has 25 heavy (non-hydrogen) atoms. The minimum atomic E-state index is -0.404. The normalized spacial score (nSPS) is 18.8. The molecule has 0 radical (unpaired) electrons. The van der Waals surface area contributed by atoms with Crippen molar-refractivity contribution in [1.29, 1.82) is 0 Å². The van der Waals surface area contributed by atoms with Crippen molar-refractivity contribution >= 4 is 11.3 Å². The number of rotatable bonds is 5. The van der Waals surface area contributed by atoms with Crippen molar-refractivity contribution in [3.63, 3.8) is 0 Å². The summed E-state index contributed by atoms with van der Waals surface area (Å²) in [5.74, 6) is 0. The molecule has 1 fully saturated rings. The Bertz CT molecular complexity index is 824. The van der Waals surface area contributed by atoms with Crippen LogP contribution in [-0.4, -0.2) is 37.2 Å². The number of hydrogen-bond acceptors (Lipinski definition) is 6. The fourth-order valence-electron chi connectivity index (χ4n) is 2.90. The monoisotopic (exact) mass is 355 g/mol. The molecule has 128 valence electrons. The second-order valence-electron chi connectivity index (χ2n) is 6.32. The molecule has 0 amide bonds. The molecule has 1 aliphatic heterocycles. The quantitative estimate of drug-likeness (QED) is 0.818. The van der Waals surface area contributed by atoms with E-state index in [-0.39, 0.29) is 6.67 Å². The second kappa shape index (κ2) is 6.07. The van der Waals surface area contributed by atoms with Crippen molar-refractivity contribution in [2.24, 2.45) is 0 Å². The van der Waals surface area contributed by atoms with Gasteiger partial charge in [0.2, 0.25) is 0 Å². The summed E-state index contributed by atoms with van der Waals surface area (Å²) in [6, 6.07) is 3.89. The summed E-state index contributed by atoms with van der Waals surface area (Å²) in [7, 11) is 0. The number of thiazole rings is 1. The third-order valence-electron chi connectivity index (χ3n) is 4.69. The van der Waals surface area contributed by atoms with Gasteiger partial charge in [-0.25, -0.2) is 4.39 Å². The van der Waals surface area contributed by atoms with E-state index in [4.69, 9.17) is 0 Å². The molecule has 0 unspecified atom stereocenters. The maximum Gasteiger partial charge on any atom is 0.113 e. The van der Waals surface area contributed by atoms with E-state index >= 15 is 0 Å². The Morgan fingerprint density at radius 1 is 1.16 bits per heavy atom. The van der Waals surface area contributed by atoms with Gasteiger partial charge in [-0.15, -0.1) is 16.4 Å². The van der Waals surface area contributed by atoms with Gasteiger partial charge in [-0.1, -0.05) is 13.2 Å². The van der Waals surface area contributed by atoms with E-state index in [1.165, 1.54) is 11.3 Å². The summed E-state index contributed by atoms with van der Waals surface area (Å²) < 4.78 is 13.3. The Balaban J connectivity index is 1.49. The summed E-state index contributed by atoms with van der Waals surface area (Å²) >= 11 is 1.53. The fraction of sp³-hybridized carbons (Fsp3) is 0.278. The largest absolute Gasteiger partial charge is 0.339 e. The van der Waals surface area contributed by atoms with Crippen LogP contribution in [0.15, 0.2) is 60.8 Å². The SMILES string of the molecule is C=C1C(=C)N(C2(CF)CC2)C=CN1Cc1ccc(-c2cncs2)nn1. The zero-order valence-electron chi connectivity index (χ0n) is 13.7. The lowest BCUT2D eigenvalue weighted by atomic mass is 10.1. The Kier molecular flexibility index (Phi) is 3.88. The van der Waals surface area contributed by atoms with E-state index in [9.17, 15) is 4.39 Å². The van der Waals surface area contributed by atoms with E-state index in [0.717, 1.165) is 40.5 Å². The lowest BCUT2D eigenvalue weighted by molar-refractivity contribution is 0.229. The molecule has 2 aliphatic rings. The first-order valence-electron chi connectivity index (χ1n) is 8.03. The van der Waals surface area contributed by atoms with Crippen molar-refractivity contribution < 1.29 is 4.39 Å². The molecule has 0 aromatic carbocycles. The van der Waals surface area contributed by atoms with Crippen LogP contribution < -0.4 is 0 Å². The number of alkyl halides is 1. The standard InChI is InChI=1S/C18H18FN5S/c1-13-14(2)24(18(11-19)5-6-18)8-7-23(13)10-15-3-4-16(22-21-15)17-9-20-12-25-17/h3-4,7-9,12H,1-2,5-6,10-11H2. The average molecular weight is 355 g/mol. The highest BCUT2D eigenvalue weighted by Gasteiger charge is 2.49. The minimum absolute atomic E-state index is 0.367. The third-order valence-corrected chi connectivity index (χ3v) is 5.49. The van der Waals surface area contributed by atoms with E-state index in [2.05, 4.69) is 28.3 Å². The van der Waals surface area contributed by atoms with Crippen LogP contribution in [-0.2, 0) is 6.54 Å². The minimum Gasteiger partial charge on any atom is -0.339 e. The highest BCUT2D eigenvalue weighted by atomic mass is 32.1. The predicted octanol–water partition coefficient (Wildman–Crippen LogP) is 3.72. The van der Waals surface area contributed by atoms with Gasteiger partial charge in [-0.05, 0) is 25.0 Å². The van der Waals surface area contributed by atoms with Crippen molar-refractivity contribution in [1.82, 2.24) is 25.0 Å². The predicted molar refractivity (Wildman–Crippen MR) is 95.9 cm³/mol. The molecule has 2 aromatic heterocycles. The van der Waals surface area contributed by atoms with Crippen molar-refractivity contribution in [3.8, 4) is 10.6 Å². The van der Waals surface area contributed by atoms with Crippen molar-refractivity contribution in [2.75, 3.05) is 6.67 Å². The van der Waals surface area contributed by atoms with Gasteiger partial charge < -0.3 is 9.80 Å². The zero-order valence-corrected chi connectivity index (χ0v) is 14.5. The molecule has 0 bridgehead atoms. The first-order valence-corrected chi connectivity index (χ1v) is 8.91. The molecular weight excluding hydrogens is 337 g/mol. The highest BCUT2D eigenvalue weighted by molar-refractivity contribution is 7.13. The lowest BCUT2D eigenvalue weighted by Crippen LogP contribution is -2.39. The Labute approximate surface area is 149 Å². The van der Waals surface area contributed by atoms with Crippen molar-refractivity contribution in [3.05, 3.63) is 66.5 Å². The smallest absolute Gasteiger partial charge is 0.113 e. The molecule has 5 nitrogen and oxygen atoms in total. The van der Waals surface area contributed by atoms with Gasteiger partial charge in [0.15, 0.2) is 0 Å². The Morgan fingerprint density at radius 2 is 2.00 bits per heavy atom. The Morgan fingerprint density at radius 3 is 2.60 bits per heavy atom. The van der Waals surface area contributed by atoms with Gasteiger partial charge >= 0.3 is 0 Å². The molecule has 2 aromatic rings. The summed E-state index contributed by atoms with van der Waals surface area (Å²) in [4.78, 5) is 8.93.